The van der Waals surface area contributed by atoms with E-state index in [9.17, 15) is 9.59 Å². The summed E-state index contributed by atoms with van der Waals surface area (Å²) in [7, 11) is 0. The summed E-state index contributed by atoms with van der Waals surface area (Å²) in [5.41, 5.74) is 0.897. The second-order valence-corrected chi connectivity index (χ2v) is 8.79. The Kier molecular flexibility index (Phi) is 10.2. The molecule has 0 saturated heterocycles. The summed E-state index contributed by atoms with van der Waals surface area (Å²) in [6.07, 6.45) is 5.93. The molecule has 0 aliphatic heterocycles. The molecule has 2 aromatic rings. The van der Waals surface area contributed by atoms with Crippen molar-refractivity contribution in [1.29, 1.82) is 0 Å². The highest BCUT2D eigenvalue weighted by Crippen LogP contribution is 2.27. The van der Waals surface area contributed by atoms with Crippen molar-refractivity contribution in [3.63, 3.8) is 0 Å². The van der Waals surface area contributed by atoms with Crippen LogP contribution in [0.1, 0.15) is 65.7 Å². The van der Waals surface area contributed by atoms with Gasteiger partial charge in [-0.25, -0.2) is 0 Å². The number of anilines is 1. The molecule has 1 heterocycles. The Morgan fingerprint density at radius 1 is 1.10 bits per heavy atom. The van der Waals surface area contributed by atoms with Crippen LogP contribution in [0.15, 0.2) is 24.3 Å². The summed E-state index contributed by atoms with van der Waals surface area (Å²) in [5, 5.41) is 12.8. The molecule has 1 N–H and O–H groups in total. The predicted molar refractivity (Wildman–Crippen MR) is 124 cm³/mol. The average molecular weight is 451 g/mol. The molecule has 0 aliphatic carbocycles. The van der Waals surface area contributed by atoms with Gasteiger partial charge in [-0.05, 0) is 31.9 Å². The van der Waals surface area contributed by atoms with Crippen molar-refractivity contribution in [3.8, 4) is 10.6 Å². The van der Waals surface area contributed by atoms with E-state index >= 15 is 0 Å². The Balaban J connectivity index is 1.87. The predicted octanol–water partition coefficient (Wildman–Crippen LogP) is 5.78. The minimum Gasteiger partial charge on any atom is -0.339 e. The van der Waals surface area contributed by atoms with Gasteiger partial charge in [0.25, 0.3) is 0 Å². The lowest BCUT2D eigenvalue weighted by Crippen LogP contribution is -2.40. The van der Waals surface area contributed by atoms with Gasteiger partial charge in [-0.1, -0.05) is 68.2 Å². The van der Waals surface area contributed by atoms with Gasteiger partial charge >= 0.3 is 0 Å². The van der Waals surface area contributed by atoms with Gasteiger partial charge < -0.3 is 10.2 Å². The van der Waals surface area contributed by atoms with Gasteiger partial charge in [0.2, 0.25) is 16.9 Å². The van der Waals surface area contributed by atoms with Crippen LogP contribution < -0.4 is 5.32 Å². The van der Waals surface area contributed by atoms with Gasteiger partial charge in [0, 0.05) is 36.0 Å². The zero-order valence-electron chi connectivity index (χ0n) is 18.0. The third-order valence-corrected chi connectivity index (χ3v) is 6.17. The molecule has 0 bridgehead atoms. The normalized spacial score (nSPS) is 11.9. The number of aromatic nitrogens is 2. The molecule has 0 unspecified atom stereocenters. The average Bonchev–Trinajstić information content (AvgIpc) is 3.20. The maximum atomic E-state index is 12.6. The second kappa shape index (κ2) is 12.6. The molecule has 164 valence electrons. The number of unbranched alkanes of at least 4 members (excludes halogenated alkanes) is 3. The van der Waals surface area contributed by atoms with Crippen LogP contribution >= 0.6 is 22.9 Å². The van der Waals surface area contributed by atoms with E-state index in [1.165, 1.54) is 11.3 Å². The number of rotatable bonds is 12. The molecule has 2 rings (SSSR count). The number of carbonyl (C=O) groups excluding carboxylic acids is 2. The number of amides is 2. The van der Waals surface area contributed by atoms with E-state index in [-0.39, 0.29) is 24.3 Å². The molecule has 2 amide bonds. The molecule has 0 aliphatic rings. The molecular weight excluding hydrogens is 420 g/mol. The number of carbonyl (C=O) groups is 2. The molecule has 0 radical (unpaired) electrons. The summed E-state index contributed by atoms with van der Waals surface area (Å²) in [6.45, 7) is 6.66. The first-order valence-corrected chi connectivity index (χ1v) is 11.8. The van der Waals surface area contributed by atoms with Crippen molar-refractivity contribution in [1.82, 2.24) is 15.1 Å². The maximum Gasteiger partial charge on any atom is 0.227 e. The standard InChI is InChI=1S/C22H31ClN4O2S/c1-4-6-7-8-9-20(29)27(16(3)5-2)15-14-19(28)24-22-26-25-21(30-22)17-10-12-18(23)13-11-17/h10-13,16H,4-9,14-15H2,1-3H3,(H,24,26,28)/t16-/m0/s1. The highest BCUT2D eigenvalue weighted by Gasteiger charge is 2.20. The molecule has 0 spiro atoms. The molecule has 0 saturated carbocycles. The van der Waals surface area contributed by atoms with Gasteiger partial charge in [0.05, 0.1) is 0 Å². The number of halogens is 1. The van der Waals surface area contributed by atoms with Crippen molar-refractivity contribution in [3.05, 3.63) is 29.3 Å². The smallest absolute Gasteiger partial charge is 0.227 e. The van der Waals surface area contributed by atoms with Crippen LogP contribution in [0.3, 0.4) is 0 Å². The van der Waals surface area contributed by atoms with Crippen LogP contribution in [0.2, 0.25) is 5.02 Å². The second-order valence-electron chi connectivity index (χ2n) is 7.37. The van der Waals surface area contributed by atoms with Gasteiger partial charge in [-0.3, -0.25) is 9.59 Å². The molecule has 30 heavy (non-hydrogen) atoms. The lowest BCUT2D eigenvalue weighted by atomic mass is 10.1. The fourth-order valence-electron chi connectivity index (χ4n) is 3.04. The minimum atomic E-state index is -0.166. The first-order valence-electron chi connectivity index (χ1n) is 10.6. The van der Waals surface area contributed by atoms with Gasteiger partial charge in [-0.2, -0.15) is 0 Å². The number of hydrogen-bond acceptors (Lipinski definition) is 5. The van der Waals surface area contributed by atoms with Crippen molar-refractivity contribution in [2.75, 3.05) is 11.9 Å². The van der Waals surface area contributed by atoms with Crippen LogP contribution in [-0.2, 0) is 9.59 Å². The van der Waals surface area contributed by atoms with E-state index in [1.807, 2.05) is 24.0 Å². The number of nitrogens with zero attached hydrogens (tertiary/aromatic N) is 3. The van der Waals surface area contributed by atoms with E-state index < -0.39 is 0 Å². The van der Waals surface area contributed by atoms with E-state index in [0.29, 0.717) is 28.1 Å². The highest BCUT2D eigenvalue weighted by atomic mass is 35.5. The minimum absolute atomic E-state index is 0.120. The lowest BCUT2D eigenvalue weighted by molar-refractivity contribution is -0.133. The van der Waals surface area contributed by atoms with E-state index in [0.717, 1.165) is 37.7 Å². The number of nitrogens with one attached hydrogen (secondary N) is 1. The summed E-state index contributed by atoms with van der Waals surface area (Å²) < 4.78 is 0. The molecule has 0 fully saturated rings. The van der Waals surface area contributed by atoms with E-state index in [4.69, 9.17) is 11.6 Å². The van der Waals surface area contributed by atoms with Crippen molar-refractivity contribution in [2.24, 2.45) is 0 Å². The topological polar surface area (TPSA) is 75.2 Å². The Bertz CT molecular complexity index is 810. The third kappa shape index (κ3) is 7.69. The van der Waals surface area contributed by atoms with Crippen LogP contribution in [0.25, 0.3) is 10.6 Å². The zero-order valence-corrected chi connectivity index (χ0v) is 19.6. The van der Waals surface area contributed by atoms with Gasteiger partial charge in [0.1, 0.15) is 5.01 Å². The zero-order chi connectivity index (χ0) is 21.9. The third-order valence-electron chi connectivity index (χ3n) is 5.03. The summed E-state index contributed by atoms with van der Waals surface area (Å²) in [6, 6.07) is 7.43. The first kappa shape index (κ1) is 24.3. The van der Waals surface area contributed by atoms with E-state index in [2.05, 4.69) is 29.4 Å². The van der Waals surface area contributed by atoms with Gasteiger partial charge in [0.15, 0.2) is 0 Å². The van der Waals surface area contributed by atoms with Crippen LogP contribution in [0.4, 0.5) is 5.13 Å². The monoisotopic (exact) mass is 450 g/mol. The maximum absolute atomic E-state index is 12.6. The summed E-state index contributed by atoms with van der Waals surface area (Å²) >= 11 is 7.22. The lowest BCUT2D eigenvalue weighted by Gasteiger charge is -2.28. The van der Waals surface area contributed by atoms with Crippen molar-refractivity contribution >= 4 is 39.9 Å². The first-order chi connectivity index (χ1) is 14.4. The molecule has 6 nitrogen and oxygen atoms in total. The fraction of sp³-hybridized carbons (Fsp3) is 0.545. The summed E-state index contributed by atoms with van der Waals surface area (Å²) in [4.78, 5) is 26.9. The number of benzene rings is 1. The molecule has 8 heteroatoms. The molecule has 1 aromatic heterocycles. The van der Waals surface area contributed by atoms with Crippen molar-refractivity contribution < 1.29 is 9.59 Å². The summed E-state index contributed by atoms with van der Waals surface area (Å²) in [5.74, 6) is -0.0323. The van der Waals surface area contributed by atoms with Crippen molar-refractivity contribution in [2.45, 2.75) is 71.8 Å². The Labute approximate surface area is 188 Å². The largest absolute Gasteiger partial charge is 0.339 e. The highest BCUT2D eigenvalue weighted by molar-refractivity contribution is 7.18. The molecule has 1 atom stereocenters. The van der Waals surface area contributed by atoms with Crippen LogP contribution in [0, 0.1) is 0 Å². The van der Waals surface area contributed by atoms with Crippen LogP contribution in [-0.4, -0.2) is 39.5 Å². The number of hydrogen-bond donors (Lipinski definition) is 1. The SMILES string of the molecule is CCCCCCC(=O)N(CCC(=O)Nc1nnc(-c2ccc(Cl)cc2)s1)[C@@H](C)CC. The Morgan fingerprint density at radius 2 is 1.83 bits per heavy atom. The fourth-order valence-corrected chi connectivity index (χ4v) is 3.94. The van der Waals surface area contributed by atoms with E-state index in [1.54, 1.807) is 12.1 Å². The Morgan fingerprint density at radius 3 is 2.50 bits per heavy atom. The molecule has 1 aromatic carbocycles. The molecular formula is C22H31ClN4O2S. The van der Waals surface area contributed by atoms with Gasteiger partial charge in [-0.15, -0.1) is 10.2 Å². The Hall–Kier alpha value is -1.99. The van der Waals surface area contributed by atoms with Crippen LogP contribution in [0.5, 0.6) is 0 Å². The quantitative estimate of drug-likeness (QED) is 0.415.